The molecular weight excluding hydrogens is 346 g/mol. The van der Waals surface area contributed by atoms with Crippen LogP contribution >= 0.6 is 15.9 Å². The summed E-state index contributed by atoms with van der Waals surface area (Å²) in [5.41, 5.74) is -0.0945. The number of likely N-dealkylation sites (tertiary alicyclic amines) is 1. The van der Waals surface area contributed by atoms with Crippen molar-refractivity contribution in [1.82, 2.24) is 14.7 Å². The van der Waals surface area contributed by atoms with Crippen molar-refractivity contribution in [1.29, 1.82) is 0 Å². The van der Waals surface area contributed by atoms with Gasteiger partial charge in [0.1, 0.15) is 5.60 Å². The van der Waals surface area contributed by atoms with E-state index in [1.165, 1.54) is 0 Å². The number of aromatic nitrogens is 2. The first-order valence-electron chi connectivity index (χ1n) is 7.94. The second kappa shape index (κ2) is 5.55. The van der Waals surface area contributed by atoms with E-state index in [0.29, 0.717) is 11.5 Å². The normalized spacial score (nSPS) is 21.7. The van der Waals surface area contributed by atoms with Crippen LogP contribution in [0.15, 0.2) is 16.9 Å². The van der Waals surface area contributed by atoms with Crippen LogP contribution in [0.3, 0.4) is 0 Å². The minimum atomic E-state index is -0.412. The summed E-state index contributed by atoms with van der Waals surface area (Å²) in [6.07, 6.45) is 8.32. The highest BCUT2D eigenvalue weighted by Gasteiger charge is 2.48. The standard InChI is InChI=1S/C16H24BrN3O2/c1-15(2,3)22-14(21)19-10-16(11-19)6-4-13(5-7-16)20-9-12(17)8-18-20/h8-9,13H,4-7,10-11H2,1-3H3. The summed E-state index contributed by atoms with van der Waals surface area (Å²) in [5.74, 6) is 0. The van der Waals surface area contributed by atoms with E-state index in [0.717, 1.165) is 43.2 Å². The summed E-state index contributed by atoms with van der Waals surface area (Å²) in [6.45, 7) is 7.42. The molecule has 1 aromatic heterocycles. The van der Waals surface area contributed by atoms with E-state index < -0.39 is 5.60 Å². The maximum Gasteiger partial charge on any atom is 0.410 e. The van der Waals surface area contributed by atoms with Crippen LogP contribution in [0.25, 0.3) is 0 Å². The number of hydrogen-bond donors (Lipinski definition) is 0. The predicted octanol–water partition coefficient (Wildman–Crippen LogP) is 4.00. The van der Waals surface area contributed by atoms with Gasteiger partial charge in [-0.3, -0.25) is 4.68 Å². The SMILES string of the molecule is CC(C)(C)OC(=O)N1CC2(CCC(n3cc(Br)cn3)CC2)C1. The Labute approximate surface area is 140 Å². The van der Waals surface area contributed by atoms with Crippen LogP contribution in [0.4, 0.5) is 4.79 Å². The highest BCUT2D eigenvalue weighted by Crippen LogP contribution is 2.47. The van der Waals surface area contributed by atoms with E-state index in [9.17, 15) is 4.79 Å². The first kappa shape index (κ1) is 15.8. The van der Waals surface area contributed by atoms with Crippen LogP contribution in [0.5, 0.6) is 0 Å². The van der Waals surface area contributed by atoms with E-state index in [4.69, 9.17) is 4.74 Å². The molecule has 0 N–H and O–H groups in total. The van der Waals surface area contributed by atoms with Gasteiger partial charge >= 0.3 is 6.09 Å². The van der Waals surface area contributed by atoms with E-state index in [-0.39, 0.29) is 6.09 Å². The number of carbonyl (C=O) groups is 1. The molecule has 0 radical (unpaired) electrons. The Morgan fingerprint density at radius 3 is 2.50 bits per heavy atom. The maximum atomic E-state index is 12.0. The lowest BCUT2D eigenvalue weighted by molar-refractivity contribution is -0.0538. The number of hydrogen-bond acceptors (Lipinski definition) is 3. The molecule has 0 unspecified atom stereocenters. The summed E-state index contributed by atoms with van der Waals surface area (Å²) in [7, 11) is 0. The molecule has 5 nitrogen and oxygen atoms in total. The molecule has 1 spiro atoms. The van der Waals surface area contributed by atoms with Gasteiger partial charge in [-0.05, 0) is 62.4 Å². The van der Waals surface area contributed by atoms with Gasteiger partial charge in [0, 0.05) is 24.7 Å². The molecule has 1 aliphatic heterocycles. The zero-order valence-corrected chi connectivity index (χ0v) is 15.1. The highest BCUT2D eigenvalue weighted by molar-refractivity contribution is 9.10. The van der Waals surface area contributed by atoms with Crippen molar-refractivity contribution >= 4 is 22.0 Å². The Balaban J connectivity index is 1.50. The third kappa shape index (κ3) is 3.31. The number of nitrogens with zero attached hydrogens (tertiary/aromatic N) is 3. The Hall–Kier alpha value is -1.04. The van der Waals surface area contributed by atoms with E-state index in [2.05, 4.69) is 31.9 Å². The fourth-order valence-corrected chi connectivity index (χ4v) is 3.83. The molecule has 0 atom stereocenters. The van der Waals surface area contributed by atoms with E-state index >= 15 is 0 Å². The zero-order valence-electron chi connectivity index (χ0n) is 13.5. The lowest BCUT2D eigenvalue weighted by Gasteiger charge is -2.53. The molecule has 2 fully saturated rings. The number of halogens is 1. The fraction of sp³-hybridized carbons (Fsp3) is 0.750. The van der Waals surface area contributed by atoms with Gasteiger partial charge in [-0.25, -0.2) is 4.79 Å². The molecule has 0 aromatic carbocycles. The summed E-state index contributed by atoms with van der Waals surface area (Å²) in [5, 5.41) is 4.40. The van der Waals surface area contributed by atoms with Crippen molar-refractivity contribution in [2.75, 3.05) is 13.1 Å². The summed E-state index contributed by atoms with van der Waals surface area (Å²) < 4.78 is 8.54. The van der Waals surface area contributed by atoms with Gasteiger partial charge in [-0.15, -0.1) is 0 Å². The summed E-state index contributed by atoms with van der Waals surface area (Å²) >= 11 is 3.45. The molecular formula is C16H24BrN3O2. The van der Waals surface area contributed by atoms with Crippen LogP contribution in [0.2, 0.25) is 0 Å². The van der Waals surface area contributed by atoms with Gasteiger partial charge in [0.15, 0.2) is 0 Å². The molecule has 1 amide bonds. The molecule has 1 aromatic rings. The molecule has 2 heterocycles. The molecule has 1 aliphatic carbocycles. The lowest BCUT2D eigenvalue weighted by Crippen LogP contribution is -2.60. The summed E-state index contributed by atoms with van der Waals surface area (Å²) in [6, 6.07) is 0.493. The van der Waals surface area contributed by atoms with Gasteiger partial charge < -0.3 is 9.64 Å². The van der Waals surface area contributed by atoms with Crippen LogP contribution in [-0.4, -0.2) is 39.5 Å². The van der Waals surface area contributed by atoms with Crippen molar-refractivity contribution in [2.45, 2.75) is 58.1 Å². The first-order chi connectivity index (χ1) is 10.3. The topological polar surface area (TPSA) is 47.4 Å². The molecule has 6 heteroatoms. The average Bonchev–Trinajstić information content (AvgIpc) is 2.80. The fourth-order valence-electron chi connectivity index (χ4n) is 3.53. The smallest absolute Gasteiger partial charge is 0.410 e. The molecule has 2 aliphatic rings. The van der Waals surface area contributed by atoms with Gasteiger partial charge in [0.05, 0.1) is 16.7 Å². The maximum absolute atomic E-state index is 12.0. The van der Waals surface area contributed by atoms with Gasteiger partial charge in [0.2, 0.25) is 0 Å². The second-order valence-corrected chi connectivity index (χ2v) is 8.62. The minimum absolute atomic E-state index is 0.170. The average molecular weight is 370 g/mol. The zero-order chi connectivity index (χ0) is 16.0. The van der Waals surface area contributed by atoms with Crippen molar-refractivity contribution < 1.29 is 9.53 Å². The van der Waals surface area contributed by atoms with E-state index in [1.54, 1.807) is 0 Å². The predicted molar refractivity (Wildman–Crippen MR) is 87.7 cm³/mol. The van der Waals surface area contributed by atoms with Gasteiger partial charge in [-0.2, -0.15) is 5.10 Å². The van der Waals surface area contributed by atoms with Crippen molar-refractivity contribution in [3.63, 3.8) is 0 Å². The van der Waals surface area contributed by atoms with Crippen LogP contribution in [-0.2, 0) is 4.74 Å². The highest BCUT2D eigenvalue weighted by atomic mass is 79.9. The molecule has 122 valence electrons. The molecule has 22 heavy (non-hydrogen) atoms. The molecule has 1 saturated carbocycles. The van der Waals surface area contributed by atoms with Crippen molar-refractivity contribution in [3.8, 4) is 0 Å². The van der Waals surface area contributed by atoms with Crippen molar-refractivity contribution in [2.24, 2.45) is 5.41 Å². The van der Waals surface area contributed by atoms with Crippen LogP contribution < -0.4 is 0 Å². The summed E-state index contributed by atoms with van der Waals surface area (Å²) in [4.78, 5) is 13.9. The second-order valence-electron chi connectivity index (χ2n) is 7.71. The Morgan fingerprint density at radius 2 is 2.00 bits per heavy atom. The Bertz CT molecular complexity index is 548. The third-order valence-electron chi connectivity index (χ3n) is 4.66. The number of carbonyl (C=O) groups excluding carboxylic acids is 1. The van der Waals surface area contributed by atoms with Crippen LogP contribution in [0, 0.1) is 5.41 Å². The Morgan fingerprint density at radius 1 is 1.36 bits per heavy atom. The third-order valence-corrected chi connectivity index (χ3v) is 5.07. The van der Waals surface area contributed by atoms with Gasteiger partial charge in [-0.1, -0.05) is 0 Å². The largest absolute Gasteiger partial charge is 0.444 e. The Kier molecular flexibility index (Phi) is 4.00. The lowest BCUT2D eigenvalue weighted by atomic mass is 9.67. The first-order valence-corrected chi connectivity index (χ1v) is 8.73. The number of rotatable bonds is 1. The quantitative estimate of drug-likeness (QED) is 0.751. The van der Waals surface area contributed by atoms with Gasteiger partial charge in [0.25, 0.3) is 0 Å². The van der Waals surface area contributed by atoms with Crippen molar-refractivity contribution in [3.05, 3.63) is 16.9 Å². The van der Waals surface area contributed by atoms with Crippen LogP contribution in [0.1, 0.15) is 52.5 Å². The molecule has 3 rings (SSSR count). The number of amides is 1. The monoisotopic (exact) mass is 369 g/mol. The minimum Gasteiger partial charge on any atom is -0.444 e. The molecule has 0 bridgehead atoms. The number of ether oxygens (including phenoxy) is 1. The van der Waals surface area contributed by atoms with E-state index in [1.807, 2.05) is 31.9 Å². The molecule has 1 saturated heterocycles.